The number of rotatable bonds is 13. The van der Waals surface area contributed by atoms with Crippen molar-refractivity contribution in [1.82, 2.24) is 9.80 Å². The Kier molecular flexibility index (Phi) is 10.1. The Labute approximate surface area is 215 Å². The number of nitro groups is 1. The van der Waals surface area contributed by atoms with E-state index in [2.05, 4.69) is 0 Å². The van der Waals surface area contributed by atoms with Crippen LogP contribution in [0.15, 0.2) is 66.0 Å². The van der Waals surface area contributed by atoms with Gasteiger partial charge in [0.05, 0.1) is 11.5 Å². The van der Waals surface area contributed by atoms with Gasteiger partial charge in [0.1, 0.15) is 6.54 Å². The van der Waals surface area contributed by atoms with Gasteiger partial charge in [-0.3, -0.25) is 19.7 Å². The van der Waals surface area contributed by atoms with Crippen molar-refractivity contribution in [1.29, 1.82) is 0 Å². The molecule has 0 N–H and O–H groups in total. The van der Waals surface area contributed by atoms with Crippen LogP contribution in [0.5, 0.6) is 0 Å². The van der Waals surface area contributed by atoms with Crippen molar-refractivity contribution in [3.05, 3.63) is 97.7 Å². The lowest BCUT2D eigenvalue weighted by molar-refractivity contribution is -0.384. The van der Waals surface area contributed by atoms with Gasteiger partial charge in [-0.1, -0.05) is 30.3 Å². The van der Waals surface area contributed by atoms with Crippen LogP contribution in [0.1, 0.15) is 39.7 Å². The number of aryl methyl sites for hydroxylation is 1. The van der Waals surface area contributed by atoms with Crippen LogP contribution >= 0.6 is 11.3 Å². The molecule has 0 bridgehead atoms. The molecule has 0 atom stereocenters. The van der Waals surface area contributed by atoms with Crippen LogP contribution in [0.3, 0.4) is 0 Å². The molecule has 1 aromatic heterocycles. The molecule has 0 unspecified atom stereocenters. The van der Waals surface area contributed by atoms with Gasteiger partial charge in [-0.2, -0.15) is 0 Å². The first kappa shape index (κ1) is 27.0. The maximum absolute atomic E-state index is 13.6. The molecule has 0 aliphatic carbocycles. The highest BCUT2D eigenvalue weighted by molar-refractivity contribution is 7.10. The van der Waals surface area contributed by atoms with E-state index in [1.807, 2.05) is 55.6 Å². The van der Waals surface area contributed by atoms with E-state index in [1.54, 1.807) is 16.2 Å². The Bertz CT molecular complexity index is 1150. The summed E-state index contributed by atoms with van der Waals surface area (Å²) in [6.07, 6.45) is 0.572. The first-order valence-electron chi connectivity index (χ1n) is 11.8. The number of hydrogen-bond acceptors (Lipinski definition) is 6. The predicted molar refractivity (Wildman–Crippen MR) is 140 cm³/mol. The summed E-state index contributed by atoms with van der Waals surface area (Å²) in [7, 11) is 0. The van der Waals surface area contributed by atoms with Gasteiger partial charge in [0.2, 0.25) is 5.91 Å². The van der Waals surface area contributed by atoms with Gasteiger partial charge in [-0.25, -0.2) is 0 Å². The van der Waals surface area contributed by atoms with E-state index in [1.165, 1.54) is 29.2 Å². The van der Waals surface area contributed by atoms with E-state index < -0.39 is 4.92 Å². The van der Waals surface area contributed by atoms with Gasteiger partial charge < -0.3 is 14.5 Å². The first-order chi connectivity index (χ1) is 17.4. The largest absolute Gasteiger partial charge is 0.382 e. The molecule has 36 heavy (non-hydrogen) atoms. The number of benzene rings is 2. The van der Waals surface area contributed by atoms with Crippen molar-refractivity contribution < 1.29 is 19.2 Å². The average molecular weight is 510 g/mol. The Morgan fingerprint density at radius 1 is 1.00 bits per heavy atom. The molecule has 8 nitrogen and oxygen atoms in total. The summed E-state index contributed by atoms with van der Waals surface area (Å²) in [6, 6.07) is 17.2. The van der Waals surface area contributed by atoms with Crippen molar-refractivity contribution in [2.75, 3.05) is 26.3 Å². The standard InChI is InChI=1S/C27H31N3O5S/c1-3-35-16-7-15-28(27(32)23-10-12-24(13-11-23)30(33)34)20-26(31)29(18-22-8-5-4-6-9-22)19-25-21(2)14-17-36-25/h4-6,8-14,17H,3,7,15-16,18-20H2,1-2H3. The van der Waals surface area contributed by atoms with Gasteiger partial charge >= 0.3 is 0 Å². The van der Waals surface area contributed by atoms with Crippen LogP contribution < -0.4 is 0 Å². The highest BCUT2D eigenvalue weighted by atomic mass is 32.1. The summed E-state index contributed by atoms with van der Waals surface area (Å²) < 4.78 is 5.42. The van der Waals surface area contributed by atoms with Gasteiger partial charge in [-0.05, 0) is 55.0 Å². The normalized spacial score (nSPS) is 10.7. The fourth-order valence-corrected chi connectivity index (χ4v) is 4.62. The second kappa shape index (κ2) is 13.5. The number of carbonyl (C=O) groups excluding carboxylic acids is 2. The lowest BCUT2D eigenvalue weighted by atomic mass is 10.1. The van der Waals surface area contributed by atoms with Crippen LogP contribution in [0.2, 0.25) is 0 Å². The monoisotopic (exact) mass is 509 g/mol. The van der Waals surface area contributed by atoms with Crippen LogP contribution in [-0.2, 0) is 22.6 Å². The van der Waals surface area contributed by atoms with Crippen molar-refractivity contribution in [2.45, 2.75) is 33.4 Å². The van der Waals surface area contributed by atoms with Crippen LogP contribution in [-0.4, -0.2) is 52.8 Å². The number of hydrogen-bond donors (Lipinski definition) is 0. The van der Waals surface area contributed by atoms with Crippen molar-refractivity contribution in [2.24, 2.45) is 0 Å². The SMILES string of the molecule is CCOCCCN(CC(=O)N(Cc1ccccc1)Cc1sccc1C)C(=O)c1ccc([N+](=O)[O-])cc1. The number of non-ortho nitro benzene ring substituents is 1. The minimum atomic E-state index is -0.508. The highest BCUT2D eigenvalue weighted by Crippen LogP contribution is 2.20. The molecule has 0 fully saturated rings. The molecule has 0 saturated carbocycles. The second-order valence-corrected chi connectivity index (χ2v) is 9.34. The Balaban J connectivity index is 1.80. The molecule has 0 aliphatic heterocycles. The molecule has 2 amide bonds. The fraction of sp³-hybridized carbons (Fsp3) is 0.333. The summed E-state index contributed by atoms with van der Waals surface area (Å²) >= 11 is 1.60. The minimum absolute atomic E-state index is 0.0918. The molecular formula is C27H31N3O5S. The minimum Gasteiger partial charge on any atom is -0.382 e. The molecule has 3 aromatic rings. The molecule has 0 aliphatic rings. The molecule has 0 saturated heterocycles. The van der Waals surface area contributed by atoms with Crippen molar-refractivity contribution in [3.8, 4) is 0 Å². The quantitative estimate of drug-likeness (QED) is 0.182. The zero-order chi connectivity index (χ0) is 25.9. The van der Waals surface area contributed by atoms with Gasteiger partial charge in [-0.15, -0.1) is 11.3 Å². The maximum Gasteiger partial charge on any atom is 0.269 e. The number of thiophene rings is 1. The molecular weight excluding hydrogens is 478 g/mol. The van der Waals surface area contributed by atoms with E-state index in [4.69, 9.17) is 4.74 Å². The maximum atomic E-state index is 13.6. The smallest absolute Gasteiger partial charge is 0.269 e. The van der Waals surface area contributed by atoms with E-state index in [0.29, 0.717) is 44.8 Å². The highest BCUT2D eigenvalue weighted by Gasteiger charge is 2.24. The number of nitro benzene ring substituents is 1. The number of amides is 2. The Morgan fingerprint density at radius 3 is 2.33 bits per heavy atom. The molecule has 190 valence electrons. The van der Waals surface area contributed by atoms with Crippen molar-refractivity contribution >= 4 is 28.8 Å². The van der Waals surface area contributed by atoms with Crippen LogP contribution in [0, 0.1) is 17.0 Å². The third-order valence-corrected chi connectivity index (χ3v) is 6.74. The number of nitrogens with zero attached hydrogens (tertiary/aromatic N) is 3. The summed E-state index contributed by atoms with van der Waals surface area (Å²) in [5.41, 5.74) is 2.34. The van der Waals surface area contributed by atoms with E-state index in [0.717, 1.165) is 16.0 Å². The summed E-state index contributed by atoms with van der Waals surface area (Å²) in [6.45, 7) is 6.08. The van der Waals surface area contributed by atoms with Crippen LogP contribution in [0.4, 0.5) is 5.69 Å². The fourth-order valence-electron chi connectivity index (χ4n) is 3.70. The third-order valence-electron chi connectivity index (χ3n) is 5.73. The Morgan fingerprint density at radius 2 is 1.72 bits per heavy atom. The molecule has 0 spiro atoms. The number of carbonyl (C=O) groups is 2. The van der Waals surface area contributed by atoms with E-state index >= 15 is 0 Å². The Hall–Kier alpha value is -3.56. The third kappa shape index (κ3) is 7.73. The van der Waals surface area contributed by atoms with Gasteiger partial charge in [0.15, 0.2) is 0 Å². The topological polar surface area (TPSA) is 93.0 Å². The zero-order valence-corrected chi connectivity index (χ0v) is 21.4. The van der Waals surface area contributed by atoms with Crippen LogP contribution in [0.25, 0.3) is 0 Å². The lowest BCUT2D eigenvalue weighted by Gasteiger charge is -2.28. The molecule has 0 radical (unpaired) electrons. The molecule has 9 heteroatoms. The summed E-state index contributed by atoms with van der Waals surface area (Å²) in [4.78, 5) is 41.8. The summed E-state index contributed by atoms with van der Waals surface area (Å²) in [5, 5.41) is 13.0. The summed E-state index contributed by atoms with van der Waals surface area (Å²) in [5.74, 6) is -0.514. The molecule has 2 aromatic carbocycles. The van der Waals surface area contributed by atoms with E-state index in [-0.39, 0.29) is 24.0 Å². The zero-order valence-electron chi connectivity index (χ0n) is 20.6. The first-order valence-corrected chi connectivity index (χ1v) is 12.7. The molecule has 1 heterocycles. The van der Waals surface area contributed by atoms with E-state index in [9.17, 15) is 19.7 Å². The van der Waals surface area contributed by atoms with Gasteiger partial charge in [0.25, 0.3) is 11.6 Å². The molecule has 3 rings (SSSR count). The predicted octanol–water partition coefficient (Wildman–Crippen LogP) is 5.06. The average Bonchev–Trinajstić information content (AvgIpc) is 3.29. The lowest BCUT2D eigenvalue weighted by Crippen LogP contribution is -2.43. The second-order valence-electron chi connectivity index (χ2n) is 8.34. The number of ether oxygens (including phenoxy) is 1. The van der Waals surface area contributed by atoms with Gasteiger partial charge in [0, 0.05) is 48.9 Å². The van der Waals surface area contributed by atoms with Crippen molar-refractivity contribution in [3.63, 3.8) is 0 Å².